The zero-order valence-corrected chi connectivity index (χ0v) is 9.99. The van der Waals surface area contributed by atoms with Gasteiger partial charge in [-0.3, -0.25) is 4.68 Å². The molecule has 3 nitrogen and oxygen atoms in total. The Labute approximate surface area is 96.1 Å². The van der Waals surface area contributed by atoms with Crippen LogP contribution < -0.4 is 5.32 Å². The van der Waals surface area contributed by atoms with Gasteiger partial charge in [-0.1, -0.05) is 30.3 Å². The number of hydrogen-bond donors (Lipinski definition) is 1. The van der Waals surface area contributed by atoms with Crippen LogP contribution in [0.3, 0.4) is 0 Å². The van der Waals surface area contributed by atoms with Crippen LogP contribution in [0.25, 0.3) is 11.1 Å². The first kappa shape index (κ1) is 10.9. The third-order valence-electron chi connectivity index (χ3n) is 2.75. The Balaban J connectivity index is 2.55. The molecule has 1 aromatic heterocycles. The standard InChI is InChI=1S/C13H17N3/c1-10-13(11-7-5-4-6-8-11)12(9-14-2)16(3)15-10/h4-8,14H,9H2,1-3H3. The summed E-state index contributed by atoms with van der Waals surface area (Å²) in [5, 5.41) is 7.67. The van der Waals surface area contributed by atoms with Gasteiger partial charge in [-0.15, -0.1) is 0 Å². The molecular formula is C13H17N3. The summed E-state index contributed by atoms with van der Waals surface area (Å²) in [6.45, 7) is 2.89. The smallest absolute Gasteiger partial charge is 0.0675 e. The van der Waals surface area contributed by atoms with E-state index in [9.17, 15) is 0 Å². The van der Waals surface area contributed by atoms with E-state index in [0.29, 0.717) is 0 Å². The van der Waals surface area contributed by atoms with Crippen molar-refractivity contribution in [2.24, 2.45) is 7.05 Å². The minimum Gasteiger partial charge on any atom is -0.314 e. The molecule has 0 saturated heterocycles. The number of aryl methyl sites for hydroxylation is 2. The van der Waals surface area contributed by atoms with Gasteiger partial charge in [0, 0.05) is 19.2 Å². The van der Waals surface area contributed by atoms with Crippen molar-refractivity contribution in [3.05, 3.63) is 41.7 Å². The molecule has 16 heavy (non-hydrogen) atoms. The van der Waals surface area contributed by atoms with Crippen molar-refractivity contribution in [2.45, 2.75) is 13.5 Å². The average molecular weight is 215 g/mol. The minimum atomic E-state index is 0.835. The summed E-state index contributed by atoms with van der Waals surface area (Å²) < 4.78 is 1.95. The number of nitrogens with zero attached hydrogens (tertiary/aromatic N) is 2. The lowest BCUT2D eigenvalue weighted by Crippen LogP contribution is -2.10. The highest BCUT2D eigenvalue weighted by atomic mass is 15.3. The van der Waals surface area contributed by atoms with Crippen molar-refractivity contribution in [1.29, 1.82) is 0 Å². The van der Waals surface area contributed by atoms with Crippen LogP contribution in [0.15, 0.2) is 30.3 Å². The normalized spacial score (nSPS) is 10.7. The third kappa shape index (κ3) is 1.86. The van der Waals surface area contributed by atoms with E-state index in [4.69, 9.17) is 0 Å². The van der Waals surface area contributed by atoms with Crippen LogP contribution in [0.2, 0.25) is 0 Å². The number of hydrogen-bond acceptors (Lipinski definition) is 2. The third-order valence-corrected chi connectivity index (χ3v) is 2.75. The quantitative estimate of drug-likeness (QED) is 0.850. The minimum absolute atomic E-state index is 0.835. The first-order valence-electron chi connectivity index (χ1n) is 5.46. The highest BCUT2D eigenvalue weighted by Crippen LogP contribution is 2.26. The molecule has 0 unspecified atom stereocenters. The molecule has 0 aliphatic rings. The van der Waals surface area contributed by atoms with Gasteiger partial charge in [-0.05, 0) is 19.5 Å². The summed E-state index contributed by atoms with van der Waals surface area (Å²) in [6.07, 6.45) is 0. The van der Waals surface area contributed by atoms with Gasteiger partial charge in [0.1, 0.15) is 0 Å². The summed E-state index contributed by atoms with van der Waals surface area (Å²) in [5.74, 6) is 0. The van der Waals surface area contributed by atoms with Crippen molar-refractivity contribution in [3.8, 4) is 11.1 Å². The van der Waals surface area contributed by atoms with Gasteiger partial charge in [-0.25, -0.2) is 0 Å². The van der Waals surface area contributed by atoms with Crippen molar-refractivity contribution < 1.29 is 0 Å². The van der Waals surface area contributed by atoms with Gasteiger partial charge in [0.15, 0.2) is 0 Å². The van der Waals surface area contributed by atoms with Crippen molar-refractivity contribution in [3.63, 3.8) is 0 Å². The second kappa shape index (κ2) is 4.49. The van der Waals surface area contributed by atoms with Crippen LogP contribution in [0.5, 0.6) is 0 Å². The van der Waals surface area contributed by atoms with E-state index in [2.05, 4.69) is 41.6 Å². The second-order valence-corrected chi connectivity index (χ2v) is 3.93. The molecule has 0 aliphatic carbocycles. The molecule has 0 aliphatic heterocycles. The summed E-state index contributed by atoms with van der Waals surface area (Å²) in [7, 11) is 3.95. The highest BCUT2D eigenvalue weighted by molar-refractivity contribution is 5.68. The molecule has 0 bridgehead atoms. The number of aromatic nitrogens is 2. The molecule has 0 radical (unpaired) electrons. The molecule has 2 aromatic rings. The lowest BCUT2D eigenvalue weighted by atomic mass is 10.0. The Morgan fingerprint density at radius 1 is 1.25 bits per heavy atom. The molecule has 3 heteroatoms. The molecule has 0 spiro atoms. The molecule has 1 aromatic carbocycles. The fourth-order valence-corrected chi connectivity index (χ4v) is 2.06. The first-order valence-corrected chi connectivity index (χ1v) is 5.46. The van der Waals surface area contributed by atoms with E-state index >= 15 is 0 Å². The summed E-state index contributed by atoms with van der Waals surface area (Å²) in [4.78, 5) is 0. The summed E-state index contributed by atoms with van der Waals surface area (Å²) >= 11 is 0. The van der Waals surface area contributed by atoms with Crippen LogP contribution in [-0.4, -0.2) is 16.8 Å². The molecular weight excluding hydrogens is 198 g/mol. The van der Waals surface area contributed by atoms with Gasteiger partial charge in [0.25, 0.3) is 0 Å². The van der Waals surface area contributed by atoms with Gasteiger partial charge in [-0.2, -0.15) is 5.10 Å². The van der Waals surface area contributed by atoms with Gasteiger partial charge in [0.2, 0.25) is 0 Å². The fourth-order valence-electron chi connectivity index (χ4n) is 2.06. The predicted octanol–water partition coefficient (Wildman–Crippen LogP) is 2.11. The molecule has 0 fully saturated rings. The molecule has 0 atom stereocenters. The maximum absolute atomic E-state index is 4.48. The van der Waals surface area contributed by atoms with E-state index in [1.165, 1.54) is 16.8 Å². The van der Waals surface area contributed by atoms with Crippen LogP contribution in [0, 0.1) is 6.92 Å². The Morgan fingerprint density at radius 2 is 1.94 bits per heavy atom. The van der Waals surface area contributed by atoms with E-state index in [1.807, 2.05) is 24.8 Å². The van der Waals surface area contributed by atoms with E-state index in [-0.39, 0.29) is 0 Å². The van der Waals surface area contributed by atoms with Crippen LogP contribution >= 0.6 is 0 Å². The summed E-state index contributed by atoms with van der Waals surface area (Å²) in [6, 6.07) is 10.4. The Kier molecular flexibility index (Phi) is 3.06. The molecule has 1 heterocycles. The molecule has 0 saturated carbocycles. The van der Waals surface area contributed by atoms with E-state index in [0.717, 1.165) is 12.2 Å². The largest absolute Gasteiger partial charge is 0.314 e. The van der Waals surface area contributed by atoms with Crippen molar-refractivity contribution in [2.75, 3.05) is 7.05 Å². The van der Waals surface area contributed by atoms with Crippen LogP contribution in [0.4, 0.5) is 0 Å². The van der Waals surface area contributed by atoms with Crippen LogP contribution in [0.1, 0.15) is 11.4 Å². The topological polar surface area (TPSA) is 29.9 Å². The van der Waals surface area contributed by atoms with E-state index in [1.54, 1.807) is 0 Å². The average Bonchev–Trinajstić information content (AvgIpc) is 2.56. The molecule has 2 rings (SSSR count). The predicted molar refractivity (Wildman–Crippen MR) is 66.1 cm³/mol. The molecule has 84 valence electrons. The first-order chi connectivity index (χ1) is 7.74. The highest BCUT2D eigenvalue weighted by Gasteiger charge is 2.13. The van der Waals surface area contributed by atoms with Crippen LogP contribution in [-0.2, 0) is 13.6 Å². The van der Waals surface area contributed by atoms with Crippen molar-refractivity contribution >= 4 is 0 Å². The number of rotatable bonds is 3. The van der Waals surface area contributed by atoms with Crippen molar-refractivity contribution in [1.82, 2.24) is 15.1 Å². The maximum atomic E-state index is 4.48. The Bertz CT molecular complexity index is 471. The SMILES string of the molecule is CNCc1c(-c2ccccc2)c(C)nn1C. The summed E-state index contributed by atoms with van der Waals surface area (Å²) in [5.41, 5.74) is 4.79. The zero-order chi connectivity index (χ0) is 11.5. The van der Waals surface area contributed by atoms with Gasteiger partial charge >= 0.3 is 0 Å². The monoisotopic (exact) mass is 215 g/mol. The van der Waals surface area contributed by atoms with Gasteiger partial charge < -0.3 is 5.32 Å². The molecule has 1 N–H and O–H groups in total. The zero-order valence-electron chi connectivity index (χ0n) is 9.99. The number of nitrogens with one attached hydrogen (secondary N) is 1. The second-order valence-electron chi connectivity index (χ2n) is 3.93. The lowest BCUT2D eigenvalue weighted by molar-refractivity contribution is 0.669. The fraction of sp³-hybridized carbons (Fsp3) is 0.308. The van der Waals surface area contributed by atoms with Gasteiger partial charge in [0.05, 0.1) is 11.4 Å². The Hall–Kier alpha value is -1.61. The molecule has 0 amide bonds. The number of benzene rings is 1. The lowest BCUT2D eigenvalue weighted by Gasteiger charge is -2.06. The maximum Gasteiger partial charge on any atom is 0.0675 e. The van der Waals surface area contributed by atoms with E-state index < -0.39 is 0 Å². The Morgan fingerprint density at radius 3 is 2.56 bits per heavy atom.